The molecule has 0 spiro atoms. The van der Waals surface area contributed by atoms with E-state index in [-0.39, 0.29) is 11.5 Å². The fourth-order valence-corrected chi connectivity index (χ4v) is 4.74. The van der Waals surface area contributed by atoms with Gasteiger partial charge in [-0.1, -0.05) is 29.8 Å². The lowest BCUT2D eigenvalue weighted by molar-refractivity contribution is -0.122. The van der Waals surface area contributed by atoms with Gasteiger partial charge in [-0.15, -0.1) is 0 Å². The zero-order chi connectivity index (χ0) is 26.4. The van der Waals surface area contributed by atoms with Crippen molar-refractivity contribution in [3.8, 4) is 11.5 Å². The largest absolute Gasteiger partial charge is 0.490 e. The van der Waals surface area contributed by atoms with E-state index >= 15 is 0 Å². The Balaban J connectivity index is 1.55. The first-order chi connectivity index (χ1) is 17.9. The van der Waals surface area contributed by atoms with Crippen LogP contribution in [0.15, 0.2) is 76.6 Å². The number of ether oxygens (including phenoxy) is 2. The predicted molar refractivity (Wildman–Crippen MR) is 147 cm³/mol. The molecular weight excluding hydrogens is 512 g/mol. The van der Waals surface area contributed by atoms with E-state index in [1.54, 1.807) is 23.1 Å². The van der Waals surface area contributed by atoms with Crippen LogP contribution in [-0.2, 0) is 11.4 Å². The van der Waals surface area contributed by atoms with Gasteiger partial charge in [0.15, 0.2) is 16.7 Å². The molecule has 3 aromatic rings. The number of carboxylic acids is 1. The van der Waals surface area contributed by atoms with Crippen molar-refractivity contribution < 1.29 is 24.2 Å². The summed E-state index contributed by atoms with van der Waals surface area (Å²) in [5.41, 5.74) is 2.52. The monoisotopic (exact) mass is 536 g/mol. The number of carbonyl (C=O) groups is 2. The number of carbonyl (C=O) groups excluding carboxylic acids is 1. The second-order valence-corrected chi connectivity index (χ2v) is 9.41. The Kier molecular flexibility index (Phi) is 8.53. The molecule has 9 heteroatoms. The third kappa shape index (κ3) is 6.53. The lowest BCUT2D eigenvalue weighted by atomic mass is 10.1. The van der Waals surface area contributed by atoms with E-state index in [9.17, 15) is 9.59 Å². The normalized spacial score (nSPS) is 15.4. The molecule has 1 heterocycles. The molecule has 0 aliphatic carbocycles. The van der Waals surface area contributed by atoms with Crippen molar-refractivity contribution >= 4 is 52.2 Å². The van der Waals surface area contributed by atoms with E-state index in [1.165, 1.54) is 23.9 Å². The second-order valence-electron chi connectivity index (χ2n) is 7.96. The van der Waals surface area contributed by atoms with Crippen LogP contribution in [0.3, 0.4) is 0 Å². The molecule has 1 fully saturated rings. The summed E-state index contributed by atoms with van der Waals surface area (Å²) in [7, 11) is 0. The molecule has 0 bridgehead atoms. The number of nitrogens with zero attached hydrogens (tertiary/aromatic N) is 2. The smallest absolute Gasteiger partial charge is 0.335 e. The number of hydrogen-bond donors (Lipinski definition) is 1. The Hall–Kier alpha value is -3.75. The van der Waals surface area contributed by atoms with Crippen LogP contribution in [0.2, 0.25) is 5.02 Å². The maximum atomic E-state index is 13.1. The van der Waals surface area contributed by atoms with E-state index in [0.717, 1.165) is 11.1 Å². The Morgan fingerprint density at radius 2 is 1.76 bits per heavy atom. The van der Waals surface area contributed by atoms with E-state index in [0.29, 0.717) is 52.0 Å². The van der Waals surface area contributed by atoms with Crippen molar-refractivity contribution in [1.82, 2.24) is 4.90 Å². The summed E-state index contributed by atoms with van der Waals surface area (Å²) >= 11 is 7.23. The number of likely N-dealkylation sites (N-methyl/N-ethyl adjacent to an activating group) is 1. The number of amides is 1. The summed E-state index contributed by atoms with van der Waals surface area (Å²) in [6.45, 7) is 5.06. The number of aliphatic imine (C=N–C) groups is 1. The molecule has 0 unspecified atom stereocenters. The van der Waals surface area contributed by atoms with Crippen molar-refractivity contribution in [2.75, 3.05) is 13.2 Å². The Bertz CT molecular complexity index is 1350. The summed E-state index contributed by atoms with van der Waals surface area (Å²) < 4.78 is 11.8. The number of carboxylic acid groups (broad SMARTS) is 1. The zero-order valence-corrected chi connectivity index (χ0v) is 21.9. The third-order valence-corrected chi connectivity index (χ3v) is 6.67. The standard InChI is InChI=1S/C28H25ClN2O5S/c1-3-31-26(32)25(37-28(31)30-22-12-8-20(9-13-22)27(33)34)16-19-7-14-23(24(15-19)35-4-2)36-17-18-5-10-21(29)11-6-18/h5-16H,3-4,17H2,1-2H3,(H,33,34)/b25-16+,30-28?. The zero-order valence-electron chi connectivity index (χ0n) is 20.3. The minimum absolute atomic E-state index is 0.144. The number of amidine groups is 1. The molecule has 190 valence electrons. The van der Waals surface area contributed by atoms with E-state index in [4.69, 9.17) is 26.2 Å². The molecule has 0 radical (unpaired) electrons. The van der Waals surface area contributed by atoms with Crippen molar-refractivity contribution in [3.63, 3.8) is 0 Å². The van der Waals surface area contributed by atoms with Gasteiger partial charge >= 0.3 is 5.97 Å². The summed E-state index contributed by atoms with van der Waals surface area (Å²) in [5, 5.41) is 10.3. The molecule has 37 heavy (non-hydrogen) atoms. The maximum absolute atomic E-state index is 13.1. The second kappa shape index (κ2) is 12.0. The van der Waals surface area contributed by atoms with Crippen molar-refractivity contribution in [2.45, 2.75) is 20.5 Å². The average Bonchev–Trinajstić information content (AvgIpc) is 3.18. The Labute approximate surface area is 224 Å². The van der Waals surface area contributed by atoms with Gasteiger partial charge in [-0.2, -0.15) is 0 Å². The van der Waals surface area contributed by atoms with Crippen molar-refractivity contribution in [2.24, 2.45) is 4.99 Å². The van der Waals surface area contributed by atoms with Gasteiger partial charge in [0.1, 0.15) is 6.61 Å². The summed E-state index contributed by atoms with van der Waals surface area (Å²) in [5.74, 6) is 0.0416. The molecule has 0 atom stereocenters. The van der Waals surface area contributed by atoms with Gasteiger partial charge in [-0.3, -0.25) is 9.69 Å². The quantitative estimate of drug-likeness (QED) is 0.308. The van der Waals surface area contributed by atoms with Gasteiger partial charge in [0.25, 0.3) is 5.91 Å². The molecule has 7 nitrogen and oxygen atoms in total. The molecule has 1 amide bonds. The van der Waals surface area contributed by atoms with Crippen LogP contribution in [0.4, 0.5) is 5.69 Å². The molecule has 0 aromatic heterocycles. The first-order valence-electron chi connectivity index (χ1n) is 11.7. The van der Waals surface area contributed by atoms with Crippen LogP contribution >= 0.6 is 23.4 Å². The predicted octanol–water partition coefficient (Wildman–Crippen LogP) is 6.64. The number of benzene rings is 3. The van der Waals surface area contributed by atoms with Gasteiger partial charge < -0.3 is 14.6 Å². The maximum Gasteiger partial charge on any atom is 0.335 e. The van der Waals surface area contributed by atoms with Gasteiger partial charge in [-0.25, -0.2) is 9.79 Å². The van der Waals surface area contributed by atoms with E-state index in [2.05, 4.69) is 4.99 Å². The third-order valence-electron chi connectivity index (χ3n) is 5.42. The van der Waals surface area contributed by atoms with Crippen LogP contribution in [0.1, 0.15) is 35.3 Å². The highest BCUT2D eigenvalue weighted by atomic mass is 35.5. The summed E-state index contributed by atoms with van der Waals surface area (Å²) in [6, 6.07) is 19.2. The number of thioether (sulfide) groups is 1. The van der Waals surface area contributed by atoms with Gasteiger partial charge in [0, 0.05) is 11.6 Å². The Morgan fingerprint density at radius 3 is 2.41 bits per heavy atom. The lowest BCUT2D eigenvalue weighted by Crippen LogP contribution is -2.28. The topological polar surface area (TPSA) is 88.4 Å². The van der Waals surface area contributed by atoms with Gasteiger partial charge in [-0.05, 0) is 91.3 Å². The highest BCUT2D eigenvalue weighted by Crippen LogP contribution is 2.36. The SMILES string of the molecule is CCOc1cc(/C=C2/SC(=Nc3ccc(C(=O)O)cc3)N(CC)C2=O)ccc1OCc1ccc(Cl)cc1. The van der Waals surface area contributed by atoms with E-state index in [1.807, 2.05) is 56.3 Å². The first-order valence-corrected chi connectivity index (χ1v) is 12.8. The minimum atomic E-state index is -1.00. The Morgan fingerprint density at radius 1 is 1.03 bits per heavy atom. The summed E-state index contributed by atoms with van der Waals surface area (Å²) in [6.07, 6.45) is 1.80. The highest BCUT2D eigenvalue weighted by molar-refractivity contribution is 8.18. The highest BCUT2D eigenvalue weighted by Gasteiger charge is 2.32. The fourth-order valence-electron chi connectivity index (χ4n) is 3.55. The molecule has 0 saturated carbocycles. The number of aromatic carboxylic acids is 1. The lowest BCUT2D eigenvalue weighted by Gasteiger charge is -2.13. The van der Waals surface area contributed by atoms with E-state index < -0.39 is 5.97 Å². The average molecular weight is 537 g/mol. The molecule has 3 aromatic carbocycles. The van der Waals surface area contributed by atoms with Gasteiger partial charge in [0.05, 0.1) is 22.8 Å². The molecule has 1 aliphatic rings. The molecule has 4 rings (SSSR count). The van der Waals surface area contributed by atoms with Crippen molar-refractivity contribution in [3.05, 3.63) is 93.3 Å². The number of hydrogen-bond acceptors (Lipinski definition) is 6. The molecule has 1 saturated heterocycles. The minimum Gasteiger partial charge on any atom is -0.490 e. The molecular formula is C28H25ClN2O5S. The van der Waals surface area contributed by atoms with Crippen LogP contribution < -0.4 is 9.47 Å². The van der Waals surface area contributed by atoms with Crippen molar-refractivity contribution in [1.29, 1.82) is 0 Å². The fraction of sp³-hybridized carbons (Fsp3) is 0.179. The first kappa shape index (κ1) is 26.3. The molecule has 1 N–H and O–H groups in total. The number of halogens is 1. The number of rotatable bonds is 9. The van der Waals surface area contributed by atoms with Crippen LogP contribution in [-0.4, -0.2) is 40.2 Å². The summed E-state index contributed by atoms with van der Waals surface area (Å²) in [4.78, 5) is 30.8. The molecule has 1 aliphatic heterocycles. The van der Waals surface area contributed by atoms with Crippen LogP contribution in [0.5, 0.6) is 11.5 Å². The van der Waals surface area contributed by atoms with Gasteiger partial charge in [0.2, 0.25) is 0 Å². The van der Waals surface area contributed by atoms with Crippen LogP contribution in [0.25, 0.3) is 6.08 Å². The van der Waals surface area contributed by atoms with Crippen LogP contribution in [0, 0.1) is 0 Å².